The summed E-state index contributed by atoms with van der Waals surface area (Å²) >= 11 is 0. The highest BCUT2D eigenvalue weighted by Gasteiger charge is 2.34. The molecular formula is C22H28N4O7S. The zero-order chi connectivity index (χ0) is 24.3. The van der Waals surface area contributed by atoms with E-state index in [4.69, 9.17) is 14.2 Å². The lowest BCUT2D eigenvalue weighted by molar-refractivity contribution is -0.153. The minimum atomic E-state index is -3.71. The standard InChI is InChI=1S/C22H28N4O7S/c1-15-24-21(12-25(15)2)34(29,30)26-9-7-16(8-10-26)22(28)32-14-20(27)23-11-17-13-31-18-5-3-4-6-19(18)33-17/h3-6,12,16-17H,7-11,13-14H2,1-2H3,(H,23,27). The molecule has 2 aliphatic rings. The summed E-state index contributed by atoms with van der Waals surface area (Å²) in [6.45, 7) is 2.21. The van der Waals surface area contributed by atoms with E-state index in [2.05, 4.69) is 10.3 Å². The average Bonchev–Trinajstić information content (AvgIpc) is 3.20. The molecule has 2 aromatic rings. The number of para-hydroxylation sites is 2. The van der Waals surface area contributed by atoms with Gasteiger partial charge in [-0.15, -0.1) is 0 Å². The van der Waals surface area contributed by atoms with Gasteiger partial charge in [-0.1, -0.05) is 12.1 Å². The number of benzene rings is 1. The summed E-state index contributed by atoms with van der Waals surface area (Å²) in [6.07, 6.45) is 1.77. The fraction of sp³-hybridized carbons (Fsp3) is 0.500. The van der Waals surface area contributed by atoms with Crippen LogP contribution in [0.2, 0.25) is 0 Å². The van der Waals surface area contributed by atoms with Gasteiger partial charge in [-0.25, -0.2) is 13.4 Å². The number of sulfonamides is 1. The normalized spacial score (nSPS) is 18.9. The molecular weight excluding hydrogens is 464 g/mol. The van der Waals surface area contributed by atoms with Gasteiger partial charge in [0.1, 0.15) is 18.5 Å². The monoisotopic (exact) mass is 492 g/mol. The predicted molar refractivity (Wildman–Crippen MR) is 120 cm³/mol. The average molecular weight is 493 g/mol. The second kappa shape index (κ2) is 10.0. The van der Waals surface area contributed by atoms with Gasteiger partial charge in [0.15, 0.2) is 23.1 Å². The van der Waals surface area contributed by atoms with Crippen molar-refractivity contribution in [1.29, 1.82) is 0 Å². The van der Waals surface area contributed by atoms with Gasteiger partial charge in [0.25, 0.3) is 15.9 Å². The van der Waals surface area contributed by atoms with Crippen LogP contribution >= 0.6 is 0 Å². The van der Waals surface area contributed by atoms with Crippen LogP contribution in [0.25, 0.3) is 0 Å². The van der Waals surface area contributed by atoms with Gasteiger partial charge in [-0.3, -0.25) is 9.59 Å². The number of carbonyl (C=O) groups is 2. The summed E-state index contributed by atoms with van der Waals surface area (Å²) in [5.41, 5.74) is 0. The van der Waals surface area contributed by atoms with Crippen molar-refractivity contribution >= 4 is 21.9 Å². The SMILES string of the molecule is Cc1nc(S(=O)(=O)N2CCC(C(=O)OCC(=O)NCC3COc4ccccc4O3)CC2)cn1C. The molecule has 1 aromatic carbocycles. The van der Waals surface area contributed by atoms with Crippen LogP contribution in [-0.4, -0.2) is 73.1 Å². The molecule has 1 atom stereocenters. The number of amides is 1. The van der Waals surface area contributed by atoms with Gasteiger partial charge in [-0.05, 0) is 31.9 Å². The second-order valence-electron chi connectivity index (χ2n) is 8.33. The molecule has 1 N–H and O–H groups in total. The van der Waals surface area contributed by atoms with Crippen LogP contribution in [0.3, 0.4) is 0 Å². The van der Waals surface area contributed by atoms with Gasteiger partial charge in [-0.2, -0.15) is 4.31 Å². The molecule has 0 saturated carbocycles. The number of nitrogens with one attached hydrogen (secondary N) is 1. The lowest BCUT2D eigenvalue weighted by atomic mass is 9.98. The molecule has 2 aliphatic heterocycles. The van der Waals surface area contributed by atoms with Crippen LogP contribution in [-0.2, 0) is 31.4 Å². The van der Waals surface area contributed by atoms with Crippen molar-refractivity contribution in [3.05, 3.63) is 36.3 Å². The number of fused-ring (bicyclic) bond motifs is 1. The van der Waals surface area contributed by atoms with E-state index in [-0.39, 0.29) is 30.8 Å². The zero-order valence-electron chi connectivity index (χ0n) is 19.1. The lowest BCUT2D eigenvalue weighted by Crippen LogP contribution is -2.43. The van der Waals surface area contributed by atoms with Crippen LogP contribution in [0, 0.1) is 12.8 Å². The highest BCUT2D eigenvalue weighted by atomic mass is 32.2. The van der Waals surface area contributed by atoms with Gasteiger partial charge < -0.3 is 24.1 Å². The van der Waals surface area contributed by atoms with Crippen LogP contribution in [0.4, 0.5) is 0 Å². The number of esters is 1. The van der Waals surface area contributed by atoms with Crippen molar-refractivity contribution in [3.8, 4) is 11.5 Å². The molecule has 34 heavy (non-hydrogen) atoms. The molecule has 1 saturated heterocycles. The Morgan fingerprint density at radius 1 is 1.21 bits per heavy atom. The third kappa shape index (κ3) is 5.33. The third-order valence-corrected chi connectivity index (χ3v) is 7.69. The van der Waals surface area contributed by atoms with Gasteiger partial charge >= 0.3 is 5.97 Å². The first-order valence-corrected chi connectivity index (χ1v) is 12.5. The Balaban J connectivity index is 1.18. The predicted octanol–water partition coefficient (Wildman–Crippen LogP) is 0.629. The summed E-state index contributed by atoms with van der Waals surface area (Å²) in [5, 5.41) is 2.68. The van der Waals surface area contributed by atoms with E-state index >= 15 is 0 Å². The quantitative estimate of drug-likeness (QED) is 0.557. The molecule has 0 radical (unpaired) electrons. The Hall–Kier alpha value is -3.12. The molecule has 0 spiro atoms. The maximum atomic E-state index is 12.8. The fourth-order valence-electron chi connectivity index (χ4n) is 3.81. The maximum Gasteiger partial charge on any atom is 0.309 e. The Labute approximate surface area is 198 Å². The Bertz CT molecular complexity index is 1140. The minimum absolute atomic E-state index is 0.000955. The number of rotatable bonds is 7. The first kappa shape index (κ1) is 24.0. The van der Waals surface area contributed by atoms with Crippen molar-refractivity contribution in [2.24, 2.45) is 13.0 Å². The van der Waals surface area contributed by atoms with Gasteiger partial charge in [0.05, 0.1) is 12.5 Å². The van der Waals surface area contributed by atoms with E-state index in [1.807, 2.05) is 18.2 Å². The first-order valence-electron chi connectivity index (χ1n) is 11.1. The molecule has 0 aliphatic carbocycles. The van der Waals surface area contributed by atoms with E-state index in [0.29, 0.717) is 36.8 Å². The summed E-state index contributed by atoms with van der Waals surface area (Å²) in [5.74, 6) is 0.464. The van der Waals surface area contributed by atoms with Crippen LogP contribution in [0.1, 0.15) is 18.7 Å². The van der Waals surface area contributed by atoms with E-state index < -0.39 is 34.4 Å². The minimum Gasteiger partial charge on any atom is -0.486 e. The van der Waals surface area contributed by atoms with E-state index in [0.717, 1.165) is 0 Å². The maximum absolute atomic E-state index is 12.8. The summed E-state index contributed by atoms with van der Waals surface area (Å²) < 4.78 is 45.1. The molecule has 3 heterocycles. The molecule has 1 amide bonds. The summed E-state index contributed by atoms with van der Waals surface area (Å²) in [4.78, 5) is 28.6. The summed E-state index contributed by atoms with van der Waals surface area (Å²) in [6, 6.07) is 7.28. The Morgan fingerprint density at radius 3 is 2.59 bits per heavy atom. The molecule has 1 fully saturated rings. The highest BCUT2D eigenvalue weighted by molar-refractivity contribution is 7.89. The van der Waals surface area contributed by atoms with E-state index in [1.165, 1.54) is 10.5 Å². The number of piperidine rings is 1. The molecule has 12 heteroatoms. The van der Waals surface area contributed by atoms with Crippen molar-refractivity contribution in [2.45, 2.75) is 30.9 Å². The van der Waals surface area contributed by atoms with E-state index in [9.17, 15) is 18.0 Å². The van der Waals surface area contributed by atoms with E-state index in [1.54, 1.807) is 24.6 Å². The van der Waals surface area contributed by atoms with Crippen molar-refractivity contribution in [2.75, 3.05) is 32.8 Å². The molecule has 1 aromatic heterocycles. The number of hydrogen-bond acceptors (Lipinski definition) is 8. The fourth-order valence-corrected chi connectivity index (χ4v) is 5.31. The Morgan fingerprint density at radius 2 is 1.91 bits per heavy atom. The first-order chi connectivity index (χ1) is 16.2. The Kier molecular flexibility index (Phi) is 7.08. The van der Waals surface area contributed by atoms with Gasteiger partial charge in [0.2, 0.25) is 0 Å². The molecule has 1 unspecified atom stereocenters. The topological polar surface area (TPSA) is 129 Å². The van der Waals surface area contributed by atoms with Crippen molar-refractivity contribution < 1.29 is 32.2 Å². The molecule has 184 valence electrons. The number of carbonyl (C=O) groups excluding carboxylic acids is 2. The summed E-state index contributed by atoms with van der Waals surface area (Å²) in [7, 11) is -1.98. The van der Waals surface area contributed by atoms with Crippen LogP contribution < -0.4 is 14.8 Å². The molecule has 4 rings (SSSR count). The number of nitrogens with zero attached hydrogens (tertiary/aromatic N) is 3. The van der Waals surface area contributed by atoms with Crippen molar-refractivity contribution in [3.63, 3.8) is 0 Å². The highest BCUT2D eigenvalue weighted by Crippen LogP contribution is 2.30. The third-order valence-electron chi connectivity index (χ3n) is 5.92. The molecule has 11 nitrogen and oxygen atoms in total. The largest absolute Gasteiger partial charge is 0.486 e. The lowest BCUT2D eigenvalue weighted by Gasteiger charge is -2.29. The molecule has 0 bridgehead atoms. The number of ether oxygens (including phenoxy) is 3. The van der Waals surface area contributed by atoms with Crippen LogP contribution in [0.15, 0.2) is 35.5 Å². The number of aromatic nitrogens is 2. The smallest absolute Gasteiger partial charge is 0.309 e. The number of hydrogen-bond donors (Lipinski definition) is 1. The van der Waals surface area contributed by atoms with Gasteiger partial charge in [0, 0.05) is 26.3 Å². The number of aryl methyl sites for hydroxylation is 2. The number of imidazole rings is 1. The van der Waals surface area contributed by atoms with Crippen LogP contribution in [0.5, 0.6) is 11.5 Å². The second-order valence-corrected chi connectivity index (χ2v) is 10.2. The van der Waals surface area contributed by atoms with Crippen molar-refractivity contribution in [1.82, 2.24) is 19.2 Å². The zero-order valence-corrected chi connectivity index (χ0v) is 19.9.